The minimum Gasteiger partial charge on any atom is -0.504 e. The Bertz CT molecular complexity index is 869. The van der Waals surface area contributed by atoms with Crippen molar-refractivity contribution < 1.29 is 19.4 Å². The van der Waals surface area contributed by atoms with Crippen molar-refractivity contribution in [3.63, 3.8) is 0 Å². The van der Waals surface area contributed by atoms with Gasteiger partial charge in [0.25, 0.3) is 5.91 Å². The van der Waals surface area contributed by atoms with E-state index in [0.29, 0.717) is 24.0 Å². The summed E-state index contributed by atoms with van der Waals surface area (Å²) in [6, 6.07) is 12.0. The van der Waals surface area contributed by atoms with E-state index in [1.807, 2.05) is 36.4 Å². The van der Waals surface area contributed by atoms with E-state index in [9.17, 15) is 9.90 Å². The summed E-state index contributed by atoms with van der Waals surface area (Å²) >= 11 is 0. The van der Waals surface area contributed by atoms with Crippen LogP contribution in [0, 0.1) is 0 Å². The molecule has 0 unspecified atom stereocenters. The molecule has 1 fully saturated rings. The van der Waals surface area contributed by atoms with Crippen LogP contribution in [0.3, 0.4) is 0 Å². The summed E-state index contributed by atoms with van der Waals surface area (Å²) in [6.07, 6.45) is 6.46. The molecule has 1 N–H and O–H groups in total. The number of benzene rings is 2. The Morgan fingerprint density at radius 2 is 1.79 bits per heavy atom. The number of nitrogens with zero attached hydrogens (tertiary/aromatic N) is 1. The Labute approximate surface area is 172 Å². The quantitative estimate of drug-likeness (QED) is 0.783. The number of hydrogen-bond donors (Lipinski definition) is 1. The SMILES string of the molecule is CC(C)N(C(=O)c1ccc(Cc2ccc3c(c2O)OCO3)cc1)C1CCCCC1. The smallest absolute Gasteiger partial charge is 0.254 e. The van der Waals surface area contributed by atoms with Crippen molar-refractivity contribution in [3.8, 4) is 17.2 Å². The van der Waals surface area contributed by atoms with Gasteiger partial charge in [-0.15, -0.1) is 0 Å². The summed E-state index contributed by atoms with van der Waals surface area (Å²) < 4.78 is 10.6. The highest BCUT2D eigenvalue weighted by Gasteiger charge is 2.28. The molecular formula is C24H29NO4. The Balaban J connectivity index is 1.49. The van der Waals surface area contributed by atoms with Crippen molar-refractivity contribution in [2.45, 2.75) is 64.5 Å². The number of phenols is 1. The second-order valence-electron chi connectivity index (χ2n) is 8.28. The summed E-state index contributed by atoms with van der Waals surface area (Å²) in [5.41, 5.74) is 2.53. The molecule has 5 nitrogen and oxygen atoms in total. The molecular weight excluding hydrogens is 366 g/mol. The number of carbonyl (C=O) groups excluding carboxylic acids is 1. The second-order valence-corrected chi connectivity index (χ2v) is 8.28. The van der Waals surface area contributed by atoms with Crippen LogP contribution in [-0.2, 0) is 6.42 Å². The lowest BCUT2D eigenvalue weighted by atomic mass is 9.92. The summed E-state index contributed by atoms with van der Waals surface area (Å²) in [7, 11) is 0. The van der Waals surface area contributed by atoms with E-state index in [1.54, 1.807) is 0 Å². The Morgan fingerprint density at radius 3 is 2.48 bits per heavy atom. The number of amides is 1. The zero-order valence-electron chi connectivity index (χ0n) is 17.2. The fourth-order valence-electron chi connectivity index (χ4n) is 4.46. The first-order valence-corrected chi connectivity index (χ1v) is 10.6. The largest absolute Gasteiger partial charge is 0.504 e. The molecule has 1 saturated carbocycles. The van der Waals surface area contributed by atoms with Crippen molar-refractivity contribution in [1.82, 2.24) is 4.90 Å². The molecule has 4 rings (SSSR count). The number of fused-ring (bicyclic) bond motifs is 1. The molecule has 29 heavy (non-hydrogen) atoms. The zero-order chi connectivity index (χ0) is 20.4. The number of aromatic hydroxyl groups is 1. The van der Waals surface area contributed by atoms with Crippen LogP contribution in [0.4, 0.5) is 0 Å². The second kappa shape index (κ2) is 8.36. The van der Waals surface area contributed by atoms with Crippen molar-refractivity contribution in [1.29, 1.82) is 0 Å². The van der Waals surface area contributed by atoms with E-state index in [0.717, 1.165) is 29.5 Å². The number of phenolic OH excluding ortho intramolecular Hbond substituents is 1. The molecule has 1 heterocycles. The van der Waals surface area contributed by atoms with Gasteiger partial charge in [-0.25, -0.2) is 0 Å². The molecule has 1 amide bonds. The first-order valence-electron chi connectivity index (χ1n) is 10.6. The van der Waals surface area contributed by atoms with E-state index >= 15 is 0 Å². The molecule has 0 aromatic heterocycles. The van der Waals surface area contributed by atoms with Crippen molar-refractivity contribution in [2.24, 2.45) is 0 Å². The van der Waals surface area contributed by atoms with Gasteiger partial charge in [-0.3, -0.25) is 4.79 Å². The van der Waals surface area contributed by atoms with Crippen LogP contribution in [0.1, 0.15) is 67.4 Å². The lowest BCUT2D eigenvalue weighted by molar-refractivity contribution is 0.0555. The fraction of sp³-hybridized carbons (Fsp3) is 0.458. The third-order valence-electron chi connectivity index (χ3n) is 5.95. The first-order chi connectivity index (χ1) is 14.0. The third kappa shape index (κ3) is 4.04. The summed E-state index contributed by atoms with van der Waals surface area (Å²) in [5, 5.41) is 10.4. The predicted molar refractivity (Wildman–Crippen MR) is 112 cm³/mol. The molecule has 1 aliphatic carbocycles. The standard InChI is InChI=1S/C24H29NO4/c1-16(2)25(20-6-4-3-5-7-20)24(27)18-10-8-17(9-11-18)14-19-12-13-21-23(22(19)26)29-15-28-21/h8-13,16,20,26H,3-7,14-15H2,1-2H3. The number of ether oxygens (including phenoxy) is 2. The molecule has 2 aliphatic rings. The normalized spacial score (nSPS) is 16.2. The topological polar surface area (TPSA) is 59.0 Å². The zero-order valence-corrected chi connectivity index (χ0v) is 17.2. The van der Waals surface area contributed by atoms with E-state index < -0.39 is 0 Å². The van der Waals surface area contributed by atoms with E-state index in [4.69, 9.17) is 9.47 Å². The molecule has 2 aromatic rings. The van der Waals surface area contributed by atoms with Gasteiger partial charge < -0.3 is 19.5 Å². The van der Waals surface area contributed by atoms with Crippen LogP contribution >= 0.6 is 0 Å². The van der Waals surface area contributed by atoms with Crippen LogP contribution in [0.5, 0.6) is 17.2 Å². The average Bonchev–Trinajstić information content (AvgIpc) is 3.21. The molecule has 0 atom stereocenters. The number of hydrogen-bond acceptors (Lipinski definition) is 4. The summed E-state index contributed by atoms with van der Waals surface area (Å²) in [4.78, 5) is 15.3. The maximum atomic E-state index is 13.2. The minimum absolute atomic E-state index is 0.115. The predicted octanol–water partition coefficient (Wildman–Crippen LogP) is 4.90. The third-order valence-corrected chi connectivity index (χ3v) is 5.95. The number of rotatable bonds is 5. The van der Waals surface area contributed by atoms with Crippen LogP contribution in [0.15, 0.2) is 36.4 Å². The first kappa shape index (κ1) is 19.6. The van der Waals surface area contributed by atoms with Gasteiger partial charge >= 0.3 is 0 Å². The lowest BCUT2D eigenvalue weighted by Gasteiger charge is -2.37. The van der Waals surface area contributed by atoms with Gasteiger partial charge in [0, 0.05) is 29.6 Å². The Kier molecular flexibility index (Phi) is 5.65. The van der Waals surface area contributed by atoms with Crippen LogP contribution in [0.25, 0.3) is 0 Å². The molecule has 1 aliphatic heterocycles. The maximum Gasteiger partial charge on any atom is 0.254 e. The fourth-order valence-corrected chi connectivity index (χ4v) is 4.46. The Hall–Kier alpha value is -2.69. The maximum absolute atomic E-state index is 13.2. The van der Waals surface area contributed by atoms with E-state index in [1.165, 1.54) is 19.3 Å². The highest BCUT2D eigenvalue weighted by Crippen LogP contribution is 2.42. The van der Waals surface area contributed by atoms with Crippen molar-refractivity contribution in [3.05, 3.63) is 53.1 Å². The van der Waals surface area contributed by atoms with E-state index in [2.05, 4.69) is 18.7 Å². The van der Waals surface area contributed by atoms with Crippen LogP contribution < -0.4 is 9.47 Å². The molecule has 154 valence electrons. The van der Waals surface area contributed by atoms with Gasteiger partial charge in [0.05, 0.1) is 0 Å². The van der Waals surface area contributed by atoms with E-state index in [-0.39, 0.29) is 24.5 Å². The van der Waals surface area contributed by atoms with Gasteiger partial charge in [-0.05, 0) is 50.5 Å². The number of carbonyl (C=O) groups is 1. The van der Waals surface area contributed by atoms with Crippen molar-refractivity contribution in [2.75, 3.05) is 6.79 Å². The van der Waals surface area contributed by atoms with Crippen LogP contribution in [0.2, 0.25) is 0 Å². The summed E-state index contributed by atoms with van der Waals surface area (Å²) in [5.74, 6) is 1.23. The molecule has 0 bridgehead atoms. The van der Waals surface area contributed by atoms with Gasteiger partial charge in [0.2, 0.25) is 12.5 Å². The Morgan fingerprint density at radius 1 is 1.07 bits per heavy atom. The van der Waals surface area contributed by atoms with Crippen molar-refractivity contribution >= 4 is 5.91 Å². The highest BCUT2D eigenvalue weighted by molar-refractivity contribution is 5.94. The average molecular weight is 395 g/mol. The van der Waals surface area contributed by atoms with Gasteiger partial charge in [-0.2, -0.15) is 0 Å². The molecule has 0 radical (unpaired) electrons. The molecule has 0 saturated heterocycles. The summed E-state index contributed by atoms with van der Waals surface area (Å²) in [6.45, 7) is 4.34. The minimum atomic E-state index is 0.115. The van der Waals surface area contributed by atoms with Gasteiger partial charge in [-0.1, -0.05) is 37.5 Å². The van der Waals surface area contributed by atoms with Gasteiger partial charge in [0.1, 0.15) is 0 Å². The van der Waals surface area contributed by atoms with Crippen LogP contribution in [-0.4, -0.2) is 34.8 Å². The highest BCUT2D eigenvalue weighted by atomic mass is 16.7. The molecule has 2 aromatic carbocycles. The van der Waals surface area contributed by atoms with Gasteiger partial charge in [0.15, 0.2) is 11.5 Å². The monoisotopic (exact) mass is 395 g/mol. The molecule has 5 heteroatoms. The molecule has 0 spiro atoms. The lowest BCUT2D eigenvalue weighted by Crippen LogP contribution is -2.45.